The van der Waals surface area contributed by atoms with Gasteiger partial charge in [-0.05, 0) is 36.8 Å². The van der Waals surface area contributed by atoms with Crippen molar-refractivity contribution < 1.29 is 4.79 Å². The first-order chi connectivity index (χ1) is 9.13. The number of nitriles is 1. The molecule has 0 saturated carbocycles. The molecule has 0 saturated heterocycles. The summed E-state index contributed by atoms with van der Waals surface area (Å²) >= 11 is 5.90. The summed E-state index contributed by atoms with van der Waals surface area (Å²) in [5.41, 5.74) is 1.71. The topological polar surface area (TPSA) is 53.8 Å². The number of hydrogen-bond acceptors (Lipinski definition) is 3. The molecule has 0 aliphatic carbocycles. The number of rotatable bonds is 3. The minimum atomic E-state index is -0.904. The molecule has 3 nitrogen and oxygen atoms in total. The van der Waals surface area contributed by atoms with Crippen LogP contribution in [0.25, 0.3) is 0 Å². The van der Waals surface area contributed by atoms with Gasteiger partial charge in [0.15, 0.2) is 11.7 Å². The van der Waals surface area contributed by atoms with Gasteiger partial charge in [0.2, 0.25) is 0 Å². The summed E-state index contributed by atoms with van der Waals surface area (Å²) in [4.78, 5) is 16.5. The third kappa shape index (κ3) is 2.81. The summed E-state index contributed by atoms with van der Waals surface area (Å²) in [5.74, 6) is -1.18. The monoisotopic (exact) mass is 270 g/mol. The van der Waals surface area contributed by atoms with Crippen LogP contribution in [0.1, 0.15) is 27.5 Å². The third-order valence-electron chi connectivity index (χ3n) is 2.84. The average Bonchev–Trinajstić information content (AvgIpc) is 2.43. The van der Waals surface area contributed by atoms with Crippen LogP contribution in [0, 0.1) is 18.3 Å². The number of pyridine rings is 1. The first-order valence-corrected chi connectivity index (χ1v) is 6.12. The molecule has 0 fully saturated rings. The maximum atomic E-state index is 12.4. The maximum Gasteiger partial charge on any atom is 0.186 e. The molecule has 0 N–H and O–H groups in total. The van der Waals surface area contributed by atoms with Crippen molar-refractivity contribution in [2.24, 2.45) is 0 Å². The lowest BCUT2D eigenvalue weighted by atomic mass is 9.93. The van der Waals surface area contributed by atoms with E-state index in [1.165, 1.54) is 0 Å². The fourth-order valence-electron chi connectivity index (χ4n) is 1.82. The zero-order chi connectivity index (χ0) is 13.8. The number of Topliss-reactive ketones (excluding diaryl/α,β-unsaturated/α-hetero) is 1. The minimum Gasteiger partial charge on any atom is -0.292 e. The van der Waals surface area contributed by atoms with Crippen molar-refractivity contribution in [3.8, 4) is 6.07 Å². The molecule has 0 amide bonds. The number of benzene rings is 1. The smallest absolute Gasteiger partial charge is 0.186 e. The lowest BCUT2D eigenvalue weighted by Crippen LogP contribution is -2.13. The Morgan fingerprint density at radius 2 is 2.16 bits per heavy atom. The van der Waals surface area contributed by atoms with E-state index in [4.69, 9.17) is 11.6 Å². The molecule has 0 aliphatic rings. The first-order valence-electron chi connectivity index (χ1n) is 5.74. The van der Waals surface area contributed by atoms with Crippen molar-refractivity contribution in [1.82, 2.24) is 4.98 Å². The molecule has 1 aromatic carbocycles. The quantitative estimate of drug-likeness (QED) is 0.802. The van der Waals surface area contributed by atoms with Crippen LogP contribution in [-0.2, 0) is 0 Å². The van der Waals surface area contributed by atoms with E-state index in [1.54, 1.807) is 42.6 Å². The van der Waals surface area contributed by atoms with Crippen LogP contribution in [-0.4, -0.2) is 10.8 Å². The Kier molecular flexibility index (Phi) is 3.94. The van der Waals surface area contributed by atoms with Crippen LogP contribution in [0.5, 0.6) is 0 Å². The minimum absolute atomic E-state index is 0.277. The molecule has 2 rings (SSSR count). The van der Waals surface area contributed by atoms with Gasteiger partial charge in [0.05, 0.1) is 11.8 Å². The second kappa shape index (κ2) is 5.64. The van der Waals surface area contributed by atoms with Gasteiger partial charge in [-0.1, -0.05) is 23.7 Å². The summed E-state index contributed by atoms with van der Waals surface area (Å²) in [5, 5.41) is 9.71. The largest absolute Gasteiger partial charge is 0.292 e. The highest BCUT2D eigenvalue weighted by atomic mass is 35.5. The fourth-order valence-corrected chi connectivity index (χ4v) is 1.99. The van der Waals surface area contributed by atoms with Gasteiger partial charge < -0.3 is 0 Å². The molecule has 2 aromatic rings. The molecule has 1 heterocycles. The summed E-state index contributed by atoms with van der Waals surface area (Å²) in [7, 11) is 0. The molecule has 0 radical (unpaired) electrons. The van der Waals surface area contributed by atoms with E-state index >= 15 is 0 Å². The van der Waals surface area contributed by atoms with Gasteiger partial charge in [-0.25, -0.2) is 0 Å². The molecular weight excluding hydrogens is 260 g/mol. The third-order valence-corrected chi connectivity index (χ3v) is 3.07. The number of aryl methyl sites for hydroxylation is 1. The molecule has 0 aliphatic heterocycles. The Bertz CT molecular complexity index is 647. The second-order valence-electron chi connectivity index (χ2n) is 4.14. The Morgan fingerprint density at radius 3 is 2.79 bits per heavy atom. The summed E-state index contributed by atoms with van der Waals surface area (Å²) < 4.78 is 0. The second-order valence-corrected chi connectivity index (χ2v) is 4.58. The van der Waals surface area contributed by atoms with E-state index in [1.807, 2.05) is 13.0 Å². The van der Waals surface area contributed by atoms with Crippen molar-refractivity contribution >= 4 is 17.4 Å². The maximum absolute atomic E-state index is 12.4. The number of nitrogens with zero attached hydrogens (tertiary/aromatic N) is 2. The molecule has 94 valence electrons. The van der Waals surface area contributed by atoms with Gasteiger partial charge in [-0.3, -0.25) is 9.78 Å². The molecule has 0 bridgehead atoms. The Balaban J connectivity index is 2.43. The lowest BCUT2D eigenvalue weighted by molar-refractivity contribution is 0.0977. The molecule has 1 atom stereocenters. The Labute approximate surface area is 116 Å². The van der Waals surface area contributed by atoms with Gasteiger partial charge in [0.1, 0.15) is 0 Å². The van der Waals surface area contributed by atoms with Crippen LogP contribution in [0.2, 0.25) is 5.02 Å². The molecule has 1 aromatic heterocycles. The highest BCUT2D eigenvalue weighted by molar-refractivity contribution is 6.31. The predicted octanol–water partition coefficient (Wildman–Crippen LogP) is 3.53. The van der Waals surface area contributed by atoms with Crippen molar-refractivity contribution in [3.05, 3.63) is 64.4 Å². The van der Waals surface area contributed by atoms with Gasteiger partial charge in [-0.2, -0.15) is 5.26 Å². The highest BCUT2D eigenvalue weighted by Crippen LogP contribution is 2.23. The fraction of sp³-hybridized carbons (Fsp3) is 0.133. The number of ketones is 1. The van der Waals surface area contributed by atoms with Crippen molar-refractivity contribution in [2.75, 3.05) is 0 Å². The number of carbonyl (C=O) groups excluding carboxylic acids is 1. The van der Waals surface area contributed by atoms with Crippen LogP contribution >= 0.6 is 11.6 Å². The lowest BCUT2D eigenvalue weighted by Gasteiger charge is -2.10. The Morgan fingerprint density at radius 1 is 1.37 bits per heavy atom. The van der Waals surface area contributed by atoms with Gasteiger partial charge in [0.25, 0.3) is 0 Å². The number of aromatic nitrogens is 1. The van der Waals surface area contributed by atoms with Crippen molar-refractivity contribution in [2.45, 2.75) is 12.8 Å². The summed E-state index contributed by atoms with van der Waals surface area (Å²) in [6.45, 7) is 1.82. The SMILES string of the molecule is Cc1ccc(Cl)cc1C(=O)C(C#N)c1ccccn1. The standard InChI is InChI=1S/C15H11ClN2O/c1-10-5-6-11(16)8-12(10)15(19)13(9-17)14-4-2-3-7-18-14/h2-8,13H,1H3. The van der Waals surface area contributed by atoms with Crippen molar-refractivity contribution in [3.63, 3.8) is 0 Å². The highest BCUT2D eigenvalue weighted by Gasteiger charge is 2.24. The van der Waals surface area contributed by atoms with Gasteiger partial charge in [-0.15, -0.1) is 0 Å². The number of hydrogen-bond donors (Lipinski definition) is 0. The molecule has 19 heavy (non-hydrogen) atoms. The zero-order valence-electron chi connectivity index (χ0n) is 10.3. The van der Waals surface area contributed by atoms with E-state index in [2.05, 4.69) is 4.98 Å². The van der Waals surface area contributed by atoms with Gasteiger partial charge >= 0.3 is 0 Å². The van der Waals surface area contributed by atoms with E-state index in [0.717, 1.165) is 5.56 Å². The first kappa shape index (κ1) is 13.3. The van der Waals surface area contributed by atoms with E-state index < -0.39 is 5.92 Å². The van der Waals surface area contributed by atoms with Crippen LogP contribution < -0.4 is 0 Å². The van der Waals surface area contributed by atoms with Crippen LogP contribution in [0.4, 0.5) is 0 Å². The summed E-state index contributed by atoms with van der Waals surface area (Å²) in [6.07, 6.45) is 1.57. The van der Waals surface area contributed by atoms with E-state index in [9.17, 15) is 10.1 Å². The molecule has 0 spiro atoms. The normalized spacial score (nSPS) is 11.6. The van der Waals surface area contributed by atoms with E-state index in [-0.39, 0.29) is 5.78 Å². The number of carbonyl (C=O) groups is 1. The Hall–Kier alpha value is -2.18. The average molecular weight is 271 g/mol. The molecule has 1 unspecified atom stereocenters. The van der Waals surface area contributed by atoms with Crippen LogP contribution in [0.15, 0.2) is 42.6 Å². The van der Waals surface area contributed by atoms with Gasteiger partial charge in [0, 0.05) is 16.8 Å². The number of halogens is 1. The summed E-state index contributed by atoms with van der Waals surface area (Å²) in [6, 6.07) is 12.3. The van der Waals surface area contributed by atoms with E-state index in [0.29, 0.717) is 16.3 Å². The van der Waals surface area contributed by atoms with Crippen molar-refractivity contribution in [1.29, 1.82) is 5.26 Å². The molecule has 4 heteroatoms. The molecular formula is C15H11ClN2O. The van der Waals surface area contributed by atoms with Crippen LogP contribution in [0.3, 0.4) is 0 Å². The zero-order valence-corrected chi connectivity index (χ0v) is 11.1. The predicted molar refractivity (Wildman–Crippen MR) is 73.1 cm³/mol.